The van der Waals surface area contributed by atoms with Crippen molar-refractivity contribution in [2.45, 2.75) is 26.7 Å². The Labute approximate surface area is 102 Å². The lowest BCUT2D eigenvalue weighted by atomic mass is 9.89. The molecule has 0 saturated heterocycles. The van der Waals surface area contributed by atoms with Gasteiger partial charge in [0.25, 0.3) is 0 Å². The molecule has 0 aromatic carbocycles. The van der Waals surface area contributed by atoms with Crippen LogP contribution in [0.4, 0.5) is 0 Å². The molecule has 0 aliphatic heterocycles. The van der Waals surface area contributed by atoms with Crippen molar-refractivity contribution in [3.05, 3.63) is 12.7 Å². The minimum absolute atomic E-state index is 0.0327. The van der Waals surface area contributed by atoms with Crippen LogP contribution in [0, 0.1) is 5.41 Å². The van der Waals surface area contributed by atoms with Crippen molar-refractivity contribution >= 4 is 11.9 Å². The Morgan fingerprint density at radius 2 is 2.06 bits per heavy atom. The van der Waals surface area contributed by atoms with E-state index in [4.69, 9.17) is 9.84 Å². The summed E-state index contributed by atoms with van der Waals surface area (Å²) in [5, 5.41) is 11.5. The van der Waals surface area contributed by atoms with Crippen molar-refractivity contribution < 1.29 is 19.4 Å². The van der Waals surface area contributed by atoms with Crippen LogP contribution in [0.15, 0.2) is 12.7 Å². The van der Waals surface area contributed by atoms with Gasteiger partial charge in [-0.1, -0.05) is 6.08 Å². The summed E-state index contributed by atoms with van der Waals surface area (Å²) in [7, 11) is 0. The molecule has 5 nitrogen and oxygen atoms in total. The maximum absolute atomic E-state index is 11.4. The molecule has 17 heavy (non-hydrogen) atoms. The molecular formula is C12H21NO4. The van der Waals surface area contributed by atoms with Gasteiger partial charge in [-0.2, -0.15) is 0 Å². The Balaban J connectivity index is 3.66. The zero-order chi connectivity index (χ0) is 13.3. The molecule has 0 aromatic rings. The predicted octanol–water partition coefficient (Wildman–Crippen LogP) is 1.20. The van der Waals surface area contributed by atoms with Gasteiger partial charge in [0.15, 0.2) is 0 Å². The van der Waals surface area contributed by atoms with Gasteiger partial charge in [-0.05, 0) is 20.3 Å². The molecule has 98 valence electrons. The Morgan fingerprint density at radius 3 is 2.59 bits per heavy atom. The van der Waals surface area contributed by atoms with Crippen LogP contribution in [-0.2, 0) is 14.3 Å². The standard InChI is InChI=1S/C12H21NO4/c1-4-5-7-17-8-6-13-10(14)9-12(2,3)11(15)16/h4H,1,5-9H2,2-3H3,(H,13,14)(H,15,16). The summed E-state index contributed by atoms with van der Waals surface area (Å²) in [5.41, 5.74) is -1.03. The summed E-state index contributed by atoms with van der Waals surface area (Å²) in [5.74, 6) is -1.25. The molecular weight excluding hydrogens is 222 g/mol. The first kappa shape index (κ1) is 15.6. The highest BCUT2D eigenvalue weighted by molar-refractivity contribution is 5.84. The fourth-order valence-electron chi connectivity index (χ4n) is 1.07. The highest BCUT2D eigenvalue weighted by Gasteiger charge is 2.29. The van der Waals surface area contributed by atoms with Gasteiger partial charge in [-0.3, -0.25) is 9.59 Å². The number of nitrogens with one attached hydrogen (secondary N) is 1. The second kappa shape index (κ2) is 7.84. The number of carbonyl (C=O) groups is 2. The van der Waals surface area contributed by atoms with E-state index in [1.54, 1.807) is 6.08 Å². The highest BCUT2D eigenvalue weighted by atomic mass is 16.5. The van der Waals surface area contributed by atoms with Crippen molar-refractivity contribution in [1.29, 1.82) is 0 Å². The number of ether oxygens (including phenoxy) is 1. The monoisotopic (exact) mass is 243 g/mol. The normalized spacial score (nSPS) is 10.9. The van der Waals surface area contributed by atoms with E-state index in [9.17, 15) is 9.59 Å². The van der Waals surface area contributed by atoms with Gasteiger partial charge < -0.3 is 15.2 Å². The summed E-state index contributed by atoms with van der Waals surface area (Å²) in [4.78, 5) is 22.2. The van der Waals surface area contributed by atoms with E-state index in [0.29, 0.717) is 19.8 Å². The van der Waals surface area contributed by atoms with Crippen molar-refractivity contribution in [1.82, 2.24) is 5.32 Å². The van der Waals surface area contributed by atoms with Crippen LogP contribution in [-0.4, -0.2) is 36.7 Å². The Hall–Kier alpha value is -1.36. The maximum Gasteiger partial charge on any atom is 0.309 e. The maximum atomic E-state index is 11.4. The van der Waals surface area contributed by atoms with Crippen LogP contribution in [0.2, 0.25) is 0 Å². The van der Waals surface area contributed by atoms with Gasteiger partial charge in [0.2, 0.25) is 5.91 Å². The van der Waals surface area contributed by atoms with Gasteiger partial charge in [-0.25, -0.2) is 0 Å². The molecule has 0 heterocycles. The predicted molar refractivity (Wildman–Crippen MR) is 64.7 cm³/mol. The second-order valence-electron chi connectivity index (χ2n) is 4.41. The molecule has 5 heteroatoms. The van der Waals surface area contributed by atoms with E-state index in [-0.39, 0.29) is 12.3 Å². The lowest BCUT2D eigenvalue weighted by Crippen LogP contribution is -2.34. The van der Waals surface area contributed by atoms with Crippen LogP contribution < -0.4 is 5.32 Å². The summed E-state index contributed by atoms with van der Waals surface area (Å²) >= 11 is 0. The summed E-state index contributed by atoms with van der Waals surface area (Å²) < 4.78 is 5.20. The molecule has 1 amide bonds. The molecule has 0 aliphatic carbocycles. The molecule has 2 N–H and O–H groups in total. The minimum atomic E-state index is -1.03. The zero-order valence-corrected chi connectivity index (χ0v) is 10.5. The molecule has 0 saturated carbocycles. The van der Waals surface area contributed by atoms with Gasteiger partial charge >= 0.3 is 5.97 Å². The third-order valence-corrected chi connectivity index (χ3v) is 2.22. The molecule has 0 radical (unpaired) electrons. The highest BCUT2D eigenvalue weighted by Crippen LogP contribution is 2.19. The molecule has 0 aromatic heterocycles. The smallest absolute Gasteiger partial charge is 0.309 e. The lowest BCUT2D eigenvalue weighted by molar-refractivity contribution is -0.149. The molecule has 0 spiro atoms. The number of rotatable bonds is 9. The van der Waals surface area contributed by atoms with Crippen LogP contribution in [0.1, 0.15) is 26.7 Å². The first-order valence-electron chi connectivity index (χ1n) is 5.59. The number of carbonyl (C=O) groups excluding carboxylic acids is 1. The average Bonchev–Trinajstić information content (AvgIpc) is 2.22. The summed E-state index contributed by atoms with van der Waals surface area (Å²) in [6.45, 7) is 8.01. The number of aliphatic carboxylic acids is 1. The van der Waals surface area contributed by atoms with E-state index in [2.05, 4.69) is 11.9 Å². The van der Waals surface area contributed by atoms with Crippen molar-refractivity contribution in [3.63, 3.8) is 0 Å². The van der Waals surface area contributed by atoms with Gasteiger partial charge in [0.05, 0.1) is 18.6 Å². The van der Waals surface area contributed by atoms with Crippen molar-refractivity contribution in [2.75, 3.05) is 19.8 Å². The first-order chi connectivity index (χ1) is 7.90. The van der Waals surface area contributed by atoms with Gasteiger partial charge in [-0.15, -0.1) is 6.58 Å². The van der Waals surface area contributed by atoms with E-state index in [0.717, 1.165) is 6.42 Å². The molecule has 0 aliphatic rings. The SMILES string of the molecule is C=CCCOCCNC(=O)CC(C)(C)C(=O)O. The van der Waals surface area contributed by atoms with Crippen LogP contribution in [0.3, 0.4) is 0 Å². The third kappa shape index (κ3) is 7.52. The summed E-state index contributed by atoms with van der Waals surface area (Å²) in [6, 6.07) is 0. The first-order valence-corrected chi connectivity index (χ1v) is 5.59. The second-order valence-corrected chi connectivity index (χ2v) is 4.41. The van der Waals surface area contributed by atoms with Crippen LogP contribution >= 0.6 is 0 Å². The fourth-order valence-corrected chi connectivity index (χ4v) is 1.07. The molecule has 0 fully saturated rings. The minimum Gasteiger partial charge on any atom is -0.481 e. The number of hydrogen-bond donors (Lipinski definition) is 2. The van der Waals surface area contributed by atoms with E-state index in [1.807, 2.05) is 0 Å². The Kier molecular flexibility index (Phi) is 7.21. The quantitative estimate of drug-likeness (QED) is 0.471. The van der Waals surface area contributed by atoms with Gasteiger partial charge in [0.1, 0.15) is 0 Å². The number of carboxylic acid groups (broad SMARTS) is 1. The molecule has 0 rings (SSSR count). The summed E-state index contributed by atoms with van der Waals surface area (Å²) in [6.07, 6.45) is 2.50. The van der Waals surface area contributed by atoms with Gasteiger partial charge in [0, 0.05) is 13.0 Å². The average molecular weight is 243 g/mol. The Morgan fingerprint density at radius 1 is 1.41 bits per heavy atom. The fraction of sp³-hybridized carbons (Fsp3) is 0.667. The largest absolute Gasteiger partial charge is 0.481 e. The van der Waals surface area contributed by atoms with Crippen LogP contribution in [0.5, 0.6) is 0 Å². The van der Waals surface area contributed by atoms with Crippen LogP contribution in [0.25, 0.3) is 0 Å². The van der Waals surface area contributed by atoms with E-state index >= 15 is 0 Å². The zero-order valence-electron chi connectivity index (χ0n) is 10.5. The van der Waals surface area contributed by atoms with E-state index in [1.165, 1.54) is 13.8 Å². The lowest BCUT2D eigenvalue weighted by Gasteiger charge is -2.18. The van der Waals surface area contributed by atoms with Crippen molar-refractivity contribution in [2.24, 2.45) is 5.41 Å². The molecule has 0 unspecified atom stereocenters. The number of amides is 1. The Bertz CT molecular complexity index is 274. The topological polar surface area (TPSA) is 75.6 Å². The molecule has 0 bridgehead atoms. The van der Waals surface area contributed by atoms with Crippen molar-refractivity contribution in [3.8, 4) is 0 Å². The number of carboxylic acids is 1. The molecule has 0 atom stereocenters. The number of hydrogen-bond acceptors (Lipinski definition) is 3. The van der Waals surface area contributed by atoms with E-state index < -0.39 is 11.4 Å². The third-order valence-electron chi connectivity index (χ3n) is 2.22.